The van der Waals surface area contributed by atoms with E-state index in [0.29, 0.717) is 38.0 Å². The fourth-order valence-electron chi connectivity index (χ4n) is 5.14. The predicted octanol–water partition coefficient (Wildman–Crippen LogP) is 3.78. The maximum Gasteiger partial charge on any atom is 0.490 e. The third-order valence-corrected chi connectivity index (χ3v) is 7.12. The van der Waals surface area contributed by atoms with Gasteiger partial charge in [-0.15, -0.1) is 0 Å². The molecule has 0 aliphatic carbocycles. The second kappa shape index (κ2) is 12.8. The third-order valence-electron chi connectivity index (χ3n) is 7.12. The predicted molar refractivity (Wildman–Crippen MR) is 143 cm³/mol. The molecule has 216 valence electrons. The summed E-state index contributed by atoms with van der Waals surface area (Å²) in [5.74, 6) is -3.14. The summed E-state index contributed by atoms with van der Waals surface area (Å²) >= 11 is 0. The van der Waals surface area contributed by atoms with Gasteiger partial charge in [0.1, 0.15) is 12.1 Å². The summed E-state index contributed by atoms with van der Waals surface area (Å²) in [6.07, 6.45) is 1.11. The van der Waals surface area contributed by atoms with Crippen molar-refractivity contribution in [1.29, 1.82) is 0 Å². The molecule has 0 saturated carbocycles. The molecule has 3 amide bonds. The number of aliphatic carboxylic acids is 1. The topological polar surface area (TPSA) is 120 Å². The number of aromatic nitrogens is 1. The molecule has 9 nitrogen and oxygen atoms in total. The van der Waals surface area contributed by atoms with Crippen LogP contribution in [0, 0.1) is 0 Å². The van der Waals surface area contributed by atoms with E-state index in [2.05, 4.69) is 10.3 Å². The van der Waals surface area contributed by atoms with Crippen LogP contribution in [0.15, 0.2) is 67.0 Å². The third kappa shape index (κ3) is 7.00. The first-order valence-electron chi connectivity index (χ1n) is 13.1. The second-order valence-corrected chi connectivity index (χ2v) is 9.75. The second-order valence-electron chi connectivity index (χ2n) is 9.75. The molecule has 3 heterocycles. The molecule has 0 unspecified atom stereocenters. The number of carboxylic acids is 1. The van der Waals surface area contributed by atoms with Gasteiger partial charge in [-0.05, 0) is 60.2 Å². The van der Waals surface area contributed by atoms with Crippen molar-refractivity contribution in [2.75, 3.05) is 13.1 Å². The molecule has 2 fully saturated rings. The lowest BCUT2D eigenvalue weighted by Gasteiger charge is -2.31. The minimum atomic E-state index is -5.08. The SMILES string of the molecule is O=C(NCc1ccncc1)[C@@H]1CCCN1C(=O)[C@H]1CCCN1C(=O)c1cccc2ccccc12.O=C(O)C(F)(F)F. The Labute approximate surface area is 233 Å². The Hall–Kier alpha value is -4.48. The van der Waals surface area contributed by atoms with Crippen molar-refractivity contribution in [1.82, 2.24) is 20.1 Å². The van der Waals surface area contributed by atoms with Gasteiger partial charge in [0.15, 0.2) is 0 Å². The van der Waals surface area contributed by atoms with Gasteiger partial charge in [0.25, 0.3) is 5.91 Å². The van der Waals surface area contributed by atoms with Gasteiger partial charge >= 0.3 is 12.1 Å². The highest BCUT2D eigenvalue weighted by atomic mass is 19.4. The first-order chi connectivity index (χ1) is 19.6. The molecule has 2 atom stereocenters. The number of pyridine rings is 1. The minimum Gasteiger partial charge on any atom is -0.475 e. The molecule has 2 aliphatic heterocycles. The summed E-state index contributed by atoms with van der Waals surface area (Å²) in [6, 6.07) is 16.2. The molecule has 12 heteroatoms. The van der Waals surface area contributed by atoms with Gasteiger partial charge < -0.3 is 20.2 Å². The molecular weight excluding hydrogens is 541 g/mol. The van der Waals surface area contributed by atoms with Gasteiger partial charge in [0, 0.05) is 37.6 Å². The molecule has 2 N–H and O–H groups in total. The van der Waals surface area contributed by atoms with E-state index in [1.807, 2.05) is 54.6 Å². The lowest BCUT2D eigenvalue weighted by Crippen LogP contribution is -2.52. The van der Waals surface area contributed by atoms with Gasteiger partial charge in [-0.1, -0.05) is 36.4 Å². The van der Waals surface area contributed by atoms with E-state index in [9.17, 15) is 27.6 Å². The number of alkyl halides is 3. The molecular formula is C29H29F3N4O5. The Morgan fingerprint density at radius 1 is 0.878 bits per heavy atom. The van der Waals surface area contributed by atoms with Crippen LogP contribution < -0.4 is 5.32 Å². The van der Waals surface area contributed by atoms with Gasteiger partial charge in [-0.2, -0.15) is 13.2 Å². The van der Waals surface area contributed by atoms with E-state index in [1.54, 1.807) is 22.2 Å². The Morgan fingerprint density at radius 2 is 1.49 bits per heavy atom. The standard InChI is InChI=1S/C27H28N4O3.C2HF3O2/c32-25(29-18-19-12-14-28-15-13-19)23-10-4-16-30(23)27(34)24-11-5-17-31(24)26(33)22-9-3-7-20-6-1-2-8-21(20)22;3-2(4,5)1(6)7/h1-3,6-9,12-15,23-24H,4-5,10-11,16-18H2,(H,29,32);(H,6,7)/t23-,24+;/m0./s1. The number of halogens is 3. The summed E-state index contributed by atoms with van der Waals surface area (Å²) in [7, 11) is 0. The van der Waals surface area contributed by atoms with Crippen LogP contribution >= 0.6 is 0 Å². The van der Waals surface area contributed by atoms with Crippen molar-refractivity contribution < 1.29 is 37.5 Å². The van der Waals surface area contributed by atoms with Crippen molar-refractivity contribution in [3.63, 3.8) is 0 Å². The zero-order valence-corrected chi connectivity index (χ0v) is 22.0. The smallest absolute Gasteiger partial charge is 0.475 e. The minimum absolute atomic E-state index is 0.118. The normalized spacial score (nSPS) is 18.5. The highest BCUT2D eigenvalue weighted by Crippen LogP contribution is 2.28. The molecule has 0 spiro atoms. The van der Waals surface area contributed by atoms with Crippen LogP contribution in [0.3, 0.4) is 0 Å². The molecule has 5 rings (SSSR count). The Morgan fingerprint density at radius 3 is 2.17 bits per heavy atom. The van der Waals surface area contributed by atoms with Gasteiger partial charge in [-0.25, -0.2) is 4.79 Å². The number of nitrogens with zero attached hydrogens (tertiary/aromatic N) is 3. The van der Waals surface area contributed by atoms with Crippen molar-refractivity contribution in [2.45, 2.75) is 50.5 Å². The average molecular weight is 571 g/mol. The zero-order valence-electron chi connectivity index (χ0n) is 22.0. The molecule has 2 aromatic carbocycles. The number of benzene rings is 2. The number of hydrogen-bond acceptors (Lipinski definition) is 5. The van der Waals surface area contributed by atoms with Crippen LogP contribution in [0.4, 0.5) is 13.2 Å². The maximum absolute atomic E-state index is 13.6. The average Bonchev–Trinajstić information content (AvgIpc) is 3.66. The van der Waals surface area contributed by atoms with E-state index in [1.165, 1.54) is 0 Å². The quantitative estimate of drug-likeness (QED) is 0.482. The van der Waals surface area contributed by atoms with Gasteiger partial charge in [-0.3, -0.25) is 19.4 Å². The summed E-state index contributed by atoms with van der Waals surface area (Å²) in [5.41, 5.74) is 1.58. The fraction of sp³-hybridized carbons (Fsp3) is 0.345. The molecule has 2 aliphatic rings. The number of nitrogens with one attached hydrogen (secondary N) is 1. The van der Waals surface area contributed by atoms with Gasteiger partial charge in [0.2, 0.25) is 11.8 Å². The van der Waals surface area contributed by atoms with Crippen LogP contribution in [0.1, 0.15) is 41.6 Å². The summed E-state index contributed by atoms with van der Waals surface area (Å²) < 4.78 is 31.7. The summed E-state index contributed by atoms with van der Waals surface area (Å²) in [5, 5.41) is 12.0. The first-order valence-corrected chi connectivity index (χ1v) is 13.1. The number of rotatable bonds is 5. The molecule has 2 saturated heterocycles. The van der Waals surface area contributed by atoms with E-state index < -0.39 is 24.2 Å². The number of likely N-dealkylation sites (tertiary alicyclic amines) is 2. The van der Waals surface area contributed by atoms with Crippen LogP contribution in [0.25, 0.3) is 10.8 Å². The Bertz CT molecular complexity index is 1410. The van der Waals surface area contributed by atoms with Crippen molar-refractivity contribution in [2.24, 2.45) is 0 Å². The molecule has 1 aromatic heterocycles. The van der Waals surface area contributed by atoms with Crippen LogP contribution in [0.2, 0.25) is 0 Å². The first kappa shape index (κ1) is 29.5. The number of carbonyl (C=O) groups is 4. The lowest BCUT2D eigenvalue weighted by atomic mass is 10.0. The van der Waals surface area contributed by atoms with E-state index in [0.717, 1.165) is 29.2 Å². The highest BCUT2D eigenvalue weighted by molar-refractivity contribution is 6.08. The van der Waals surface area contributed by atoms with Crippen molar-refractivity contribution in [3.8, 4) is 0 Å². The number of carbonyl (C=O) groups excluding carboxylic acids is 3. The highest BCUT2D eigenvalue weighted by Gasteiger charge is 2.42. The zero-order chi connectivity index (χ0) is 29.6. The molecule has 3 aromatic rings. The number of carboxylic acid groups (broad SMARTS) is 1. The van der Waals surface area contributed by atoms with E-state index >= 15 is 0 Å². The van der Waals surface area contributed by atoms with E-state index in [-0.39, 0.29) is 17.7 Å². The molecule has 0 radical (unpaired) electrons. The maximum atomic E-state index is 13.6. The summed E-state index contributed by atoms with van der Waals surface area (Å²) in [4.78, 5) is 56.3. The number of amides is 3. The molecule has 0 bridgehead atoms. The van der Waals surface area contributed by atoms with Crippen LogP contribution in [-0.4, -0.2) is 74.9 Å². The van der Waals surface area contributed by atoms with E-state index in [4.69, 9.17) is 9.90 Å². The molecule has 41 heavy (non-hydrogen) atoms. The van der Waals surface area contributed by atoms with Gasteiger partial charge in [0.05, 0.1) is 0 Å². The summed E-state index contributed by atoms with van der Waals surface area (Å²) in [6.45, 7) is 1.49. The Kier molecular flexibility index (Phi) is 9.21. The van der Waals surface area contributed by atoms with Crippen molar-refractivity contribution >= 4 is 34.5 Å². The number of hydrogen-bond donors (Lipinski definition) is 2. The van der Waals surface area contributed by atoms with Crippen LogP contribution in [-0.2, 0) is 20.9 Å². The fourth-order valence-corrected chi connectivity index (χ4v) is 5.14. The van der Waals surface area contributed by atoms with Crippen molar-refractivity contribution in [3.05, 3.63) is 78.1 Å². The monoisotopic (exact) mass is 570 g/mol. The van der Waals surface area contributed by atoms with Crippen LogP contribution in [0.5, 0.6) is 0 Å². The lowest BCUT2D eigenvalue weighted by molar-refractivity contribution is -0.192. The number of fused-ring (bicyclic) bond motifs is 1. The largest absolute Gasteiger partial charge is 0.490 e. The Balaban J connectivity index is 0.000000493.